The van der Waals surface area contributed by atoms with Crippen LogP contribution in [0.5, 0.6) is 0 Å². The number of pyridine rings is 1. The van der Waals surface area contributed by atoms with Crippen molar-refractivity contribution in [3.63, 3.8) is 0 Å². The van der Waals surface area contributed by atoms with Crippen molar-refractivity contribution in [1.82, 2.24) is 14.7 Å². The molecule has 1 aliphatic rings. The molecule has 0 saturated heterocycles. The highest BCUT2D eigenvalue weighted by molar-refractivity contribution is 6.34. The summed E-state index contributed by atoms with van der Waals surface area (Å²) in [5.41, 5.74) is 4.85. The standard InChI is InChI=1S/C18H15Cl2N3O/c1-10-2-3-23-16(4-10)22-15-9-21-17(24)8-14(18(15)23)11-5-12(19)7-13(20)6-11/h2-7,14H,8-9H2,1H3,(H,21,24). The van der Waals surface area contributed by atoms with Gasteiger partial charge in [0, 0.05) is 28.6 Å². The van der Waals surface area contributed by atoms with E-state index in [2.05, 4.69) is 9.72 Å². The number of aromatic nitrogens is 2. The number of fused-ring (bicyclic) bond motifs is 3. The summed E-state index contributed by atoms with van der Waals surface area (Å²) in [6.45, 7) is 2.47. The number of nitrogens with zero attached hydrogens (tertiary/aromatic N) is 2. The molecule has 3 heterocycles. The molecule has 0 aliphatic carbocycles. The Kier molecular flexibility index (Phi) is 3.74. The van der Waals surface area contributed by atoms with Crippen molar-refractivity contribution in [2.75, 3.05) is 0 Å². The molecule has 0 saturated carbocycles. The zero-order valence-corrected chi connectivity index (χ0v) is 14.5. The van der Waals surface area contributed by atoms with Crippen LogP contribution in [0.4, 0.5) is 0 Å². The third kappa shape index (κ3) is 2.66. The van der Waals surface area contributed by atoms with Gasteiger partial charge in [-0.3, -0.25) is 4.79 Å². The zero-order chi connectivity index (χ0) is 16.8. The molecule has 1 aliphatic heterocycles. The summed E-state index contributed by atoms with van der Waals surface area (Å²) in [5.74, 6) is -0.147. The second kappa shape index (κ2) is 5.80. The van der Waals surface area contributed by atoms with Crippen LogP contribution in [0, 0.1) is 6.92 Å². The predicted octanol–water partition coefficient (Wildman–Crippen LogP) is 4.10. The van der Waals surface area contributed by atoms with Crippen molar-refractivity contribution in [1.29, 1.82) is 0 Å². The molecule has 0 spiro atoms. The van der Waals surface area contributed by atoms with E-state index < -0.39 is 0 Å². The number of aryl methyl sites for hydroxylation is 1. The van der Waals surface area contributed by atoms with Crippen molar-refractivity contribution in [2.24, 2.45) is 0 Å². The summed E-state index contributed by atoms with van der Waals surface area (Å²) in [7, 11) is 0. The topological polar surface area (TPSA) is 46.4 Å². The Hall–Kier alpha value is -2.04. The van der Waals surface area contributed by atoms with Crippen molar-refractivity contribution >= 4 is 34.8 Å². The minimum Gasteiger partial charge on any atom is -0.350 e. The van der Waals surface area contributed by atoms with Crippen LogP contribution in [0.25, 0.3) is 5.65 Å². The first-order valence-electron chi connectivity index (χ1n) is 7.71. The first-order valence-corrected chi connectivity index (χ1v) is 8.47. The van der Waals surface area contributed by atoms with Gasteiger partial charge in [0.2, 0.25) is 5.91 Å². The minimum absolute atomic E-state index is 0.00467. The molecule has 3 aromatic rings. The average Bonchev–Trinajstić information content (AvgIpc) is 2.78. The van der Waals surface area contributed by atoms with E-state index in [1.807, 2.05) is 37.4 Å². The number of hydrogen-bond acceptors (Lipinski definition) is 2. The summed E-state index contributed by atoms with van der Waals surface area (Å²) >= 11 is 12.4. The van der Waals surface area contributed by atoms with Crippen LogP contribution in [-0.2, 0) is 11.3 Å². The van der Waals surface area contributed by atoms with E-state index in [-0.39, 0.29) is 11.8 Å². The van der Waals surface area contributed by atoms with Gasteiger partial charge >= 0.3 is 0 Å². The van der Waals surface area contributed by atoms with E-state index in [9.17, 15) is 4.79 Å². The summed E-state index contributed by atoms with van der Waals surface area (Å²) in [5, 5.41) is 4.05. The lowest BCUT2D eigenvalue weighted by Crippen LogP contribution is -2.21. The molecule has 0 fully saturated rings. The fraction of sp³-hybridized carbons (Fsp3) is 0.222. The molecule has 4 nitrogen and oxygen atoms in total. The summed E-state index contributed by atoms with van der Waals surface area (Å²) < 4.78 is 2.06. The first kappa shape index (κ1) is 15.5. The van der Waals surface area contributed by atoms with Gasteiger partial charge in [0.1, 0.15) is 5.65 Å². The molecule has 1 unspecified atom stereocenters. The number of halogens is 2. The van der Waals surface area contributed by atoms with Crippen molar-refractivity contribution in [3.8, 4) is 0 Å². The lowest BCUT2D eigenvalue weighted by atomic mass is 9.91. The van der Waals surface area contributed by atoms with Crippen molar-refractivity contribution in [2.45, 2.75) is 25.8 Å². The number of imidazole rings is 1. The number of rotatable bonds is 1. The molecule has 1 aromatic carbocycles. The fourth-order valence-corrected chi connectivity index (χ4v) is 3.84. The molecule has 24 heavy (non-hydrogen) atoms. The van der Waals surface area contributed by atoms with E-state index in [0.717, 1.165) is 28.2 Å². The molecule has 0 bridgehead atoms. The number of hydrogen-bond donors (Lipinski definition) is 1. The van der Waals surface area contributed by atoms with E-state index >= 15 is 0 Å². The summed E-state index contributed by atoms with van der Waals surface area (Å²) in [6.07, 6.45) is 2.34. The van der Waals surface area contributed by atoms with Gasteiger partial charge in [-0.25, -0.2) is 4.98 Å². The summed E-state index contributed by atoms with van der Waals surface area (Å²) in [6, 6.07) is 9.51. The van der Waals surface area contributed by atoms with Crippen molar-refractivity contribution < 1.29 is 4.79 Å². The Bertz CT molecular complexity index is 944. The average molecular weight is 360 g/mol. The van der Waals surface area contributed by atoms with E-state index in [4.69, 9.17) is 28.2 Å². The van der Waals surface area contributed by atoms with Crippen LogP contribution in [0.1, 0.15) is 34.9 Å². The Morgan fingerprint density at radius 3 is 2.71 bits per heavy atom. The lowest BCUT2D eigenvalue weighted by Gasteiger charge is -2.16. The molecule has 1 atom stereocenters. The first-order chi connectivity index (χ1) is 11.5. The molecule has 4 rings (SSSR count). The number of carbonyl (C=O) groups is 1. The second-order valence-electron chi connectivity index (χ2n) is 6.11. The van der Waals surface area contributed by atoms with Gasteiger partial charge in [0.25, 0.3) is 0 Å². The number of carbonyl (C=O) groups excluding carboxylic acids is 1. The van der Waals surface area contributed by atoms with Gasteiger partial charge in [0.05, 0.1) is 17.9 Å². The SMILES string of the molecule is Cc1ccn2c3c(nc2c1)CNC(=O)CC3c1cc(Cl)cc(Cl)c1. The van der Waals surface area contributed by atoms with Crippen LogP contribution in [-0.4, -0.2) is 15.3 Å². The maximum atomic E-state index is 12.2. The third-order valence-electron chi connectivity index (χ3n) is 4.35. The Morgan fingerprint density at radius 1 is 1.21 bits per heavy atom. The lowest BCUT2D eigenvalue weighted by molar-refractivity contribution is -0.121. The normalized spacial score (nSPS) is 17.5. The van der Waals surface area contributed by atoms with Gasteiger partial charge < -0.3 is 9.72 Å². The van der Waals surface area contributed by atoms with Crippen LogP contribution >= 0.6 is 23.2 Å². The molecule has 1 N–H and O–H groups in total. The van der Waals surface area contributed by atoms with Gasteiger partial charge in [-0.1, -0.05) is 23.2 Å². The predicted molar refractivity (Wildman–Crippen MR) is 94.7 cm³/mol. The molecular weight excluding hydrogens is 345 g/mol. The monoisotopic (exact) mass is 359 g/mol. The van der Waals surface area contributed by atoms with Gasteiger partial charge in [-0.05, 0) is 48.4 Å². The third-order valence-corrected chi connectivity index (χ3v) is 4.79. The van der Waals surface area contributed by atoms with Gasteiger partial charge in [-0.2, -0.15) is 0 Å². The minimum atomic E-state index is -0.142. The molecule has 2 aromatic heterocycles. The largest absolute Gasteiger partial charge is 0.350 e. The number of amides is 1. The van der Waals surface area contributed by atoms with Gasteiger partial charge in [0.15, 0.2) is 0 Å². The quantitative estimate of drug-likeness (QED) is 0.710. The molecule has 1 amide bonds. The molecular formula is C18H15Cl2N3O. The highest BCUT2D eigenvalue weighted by Gasteiger charge is 2.29. The maximum absolute atomic E-state index is 12.2. The van der Waals surface area contributed by atoms with E-state index in [1.54, 1.807) is 6.07 Å². The smallest absolute Gasteiger partial charge is 0.221 e. The summed E-state index contributed by atoms with van der Waals surface area (Å²) in [4.78, 5) is 16.9. The van der Waals surface area contributed by atoms with Crippen LogP contribution in [0.3, 0.4) is 0 Å². The fourth-order valence-electron chi connectivity index (χ4n) is 3.30. The highest BCUT2D eigenvalue weighted by atomic mass is 35.5. The molecule has 122 valence electrons. The van der Waals surface area contributed by atoms with Gasteiger partial charge in [-0.15, -0.1) is 0 Å². The Balaban J connectivity index is 1.96. The van der Waals surface area contributed by atoms with Crippen LogP contribution < -0.4 is 5.32 Å². The van der Waals surface area contributed by atoms with Crippen molar-refractivity contribution in [3.05, 3.63) is 69.1 Å². The maximum Gasteiger partial charge on any atom is 0.221 e. The Morgan fingerprint density at radius 2 is 1.96 bits per heavy atom. The van der Waals surface area contributed by atoms with E-state index in [1.165, 1.54) is 0 Å². The highest BCUT2D eigenvalue weighted by Crippen LogP contribution is 2.35. The number of nitrogens with one attached hydrogen (secondary N) is 1. The van der Waals surface area contributed by atoms with Crippen LogP contribution in [0.15, 0.2) is 36.5 Å². The second-order valence-corrected chi connectivity index (χ2v) is 6.99. The zero-order valence-electron chi connectivity index (χ0n) is 13.0. The molecule has 0 radical (unpaired) electrons. The Labute approximate surface area is 149 Å². The number of benzene rings is 1. The van der Waals surface area contributed by atoms with Crippen LogP contribution in [0.2, 0.25) is 10.0 Å². The molecule has 6 heteroatoms. The van der Waals surface area contributed by atoms with E-state index in [0.29, 0.717) is 23.0 Å².